The summed E-state index contributed by atoms with van der Waals surface area (Å²) in [4.78, 5) is 14.4. The molecule has 106 valence electrons. The van der Waals surface area contributed by atoms with Crippen LogP contribution in [0.1, 0.15) is 19.4 Å². The summed E-state index contributed by atoms with van der Waals surface area (Å²) in [5.74, 6) is 0.540. The van der Waals surface area contributed by atoms with Crippen molar-refractivity contribution in [3.63, 3.8) is 0 Å². The van der Waals surface area contributed by atoms with Crippen molar-refractivity contribution in [1.82, 2.24) is 15.0 Å². The lowest BCUT2D eigenvalue weighted by Crippen LogP contribution is -2.24. The van der Waals surface area contributed by atoms with Gasteiger partial charge >= 0.3 is 6.01 Å². The lowest BCUT2D eigenvalue weighted by atomic mass is 10.2. The maximum absolute atomic E-state index is 5.92. The summed E-state index contributed by atoms with van der Waals surface area (Å²) >= 11 is 5.92. The molecule has 1 heterocycles. The Morgan fingerprint density at radius 1 is 1.05 bits per heavy atom. The molecule has 0 N–H and O–H groups in total. The summed E-state index contributed by atoms with van der Waals surface area (Å²) in [5, 5.41) is 0.143. The second kappa shape index (κ2) is 7.05. The van der Waals surface area contributed by atoms with E-state index in [4.69, 9.17) is 16.3 Å². The third kappa shape index (κ3) is 3.81. The first-order valence-corrected chi connectivity index (χ1v) is 6.94. The van der Waals surface area contributed by atoms with Gasteiger partial charge in [0.25, 0.3) is 0 Å². The van der Waals surface area contributed by atoms with Crippen molar-refractivity contribution in [3.8, 4) is 6.01 Å². The highest BCUT2D eigenvalue weighted by Gasteiger charge is 2.11. The maximum Gasteiger partial charge on any atom is 0.322 e. The van der Waals surface area contributed by atoms with Gasteiger partial charge in [0.1, 0.15) is 6.61 Å². The van der Waals surface area contributed by atoms with Crippen LogP contribution in [0.25, 0.3) is 0 Å². The summed E-state index contributed by atoms with van der Waals surface area (Å²) < 4.78 is 5.58. The fraction of sp³-hybridized carbons (Fsp3) is 0.357. The van der Waals surface area contributed by atoms with Crippen LogP contribution in [0.4, 0.5) is 5.95 Å². The van der Waals surface area contributed by atoms with Crippen molar-refractivity contribution in [2.75, 3.05) is 18.0 Å². The van der Waals surface area contributed by atoms with E-state index >= 15 is 0 Å². The minimum absolute atomic E-state index is 0.143. The topological polar surface area (TPSA) is 51.1 Å². The predicted octanol–water partition coefficient (Wildman–Crippen LogP) is 2.95. The van der Waals surface area contributed by atoms with E-state index in [0.29, 0.717) is 12.6 Å². The number of halogens is 1. The Balaban J connectivity index is 2.12. The molecule has 2 rings (SSSR count). The molecular formula is C14H17ClN4O. The van der Waals surface area contributed by atoms with Gasteiger partial charge in [0.15, 0.2) is 0 Å². The van der Waals surface area contributed by atoms with Gasteiger partial charge in [-0.15, -0.1) is 0 Å². The van der Waals surface area contributed by atoms with Gasteiger partial charge in [0.05, 0.1) is 0 Å². The molecule has 6 heteroatoms. The minimum Gasteiger partial charge on any atom is -0.458 e. The number of aromatic nitrogens is 3. The van der Waals surface area contributed by atoms with E-state index in [0.717, 1.165) is 18.7 Å². The third-order valence-electron chi connectivity index (χ3n) is 2.83. The zero-order valence-corrected chi connectivity index (χ0v) is 12.3. The first-order chi connectivity index (χ1) is 9.72. The summed E-state index contributed by atoms with van der Waals surface area (Å²) in [6.07, 6.45) is 0. The Labute approximate surface area is 123 Å². The standard InChI is InChI=1S/C14H17ClN4O/c1-3-19(4-2)13-16-12(15)17-14(18-13)20-10-11-8-6-5-7-9-11/h5-9H,3-4,10H2,1-2H3. The van der Waals surface area contributed by atoms with E-state index < -0.39 is 0 Å². The fourth-order valence-corrected chi connectivity index (χ4v) is 1.90. The predicted molar refractivity (Wildman–Crippen MR) is 79.2 cm³/mol. The molecule has 0 aliphatic rings. The third-order valence-corrected chi connectivity index (χ3v) is 3.00. The van der Waals surface area contributed by atoms with E-state index in [1.807, 2.05) is 49.1 Å². The Hall–Kier alpha value is -1.88. The van der Waals surface area contributed by atoms with E-state index in [-0.39, 0.29) is 11.3 Å². The SMILES string of the molecule is CCN(CC)c1nc(Cl)nc(OCc2ccccc2)n1. The monoisotopic (exact) mass is 292 g/mol. The molecule has 0 saturated carbocycles. The number of nitrogens with zero attached hydrogens (tertiary/aromatic N) is 4. The average molecular weight is 293 g/mol. The molecule has 0 unspecified atom stereocenters. The molecule has 20 heavy (non-hydrogen) atoms. The van der Waals surface area contributed by atoms with Crippen molar-refractivity contribution >= 4 is 17.5 Å². The summed E-state index contributed by atoms with van der Waals surface area (Å²) in [6.45, 7) is 6.07. The van der Waals surface area contributed by atoms with Gasteiger partial charge in [-0.1, -0.05) is 30.3 Å². The van der Waals surface area contributed by atoms with Crippen LogP contribution in [0.15, 0.2) is 30.3 Å². The molecule has 0 bridgehead atoms. The first-order valence-electron chi connectivity index (χ1n) is 6.56. The zero-order chi connectivity index (χ0) is 14.4. The summed E-state index contributed by atoms with van der Waals surface area (Å²) in [6, 6.07) is 10.1. The van der Waals surface area contributed by atoms with Crippen molar-refractivity contribution in [2.24, 2.45) is 0 Å². The lowest BCUT2D eigenvalue weighted by Gasteiger charge is -2.18. The van der Waals surface area contributed by atoms with Crippen molar-refractivity contribution in [3.05, 3.63) is 41.2 Å². The molecule has 5 nitrogen and oxygen atoms in total. The Morgan fingerprint density at radius 3 is 2.40 bits per heavy atom. The number of anilines is 1. The highest BCUT2D eigenvalue weighted by molar-refractivity contribution is 6.28. The van der Waals surface area contributed by atoms with Crippen LogP contribution < -0.4 is 9.64 Å². The lowest BCUT2D eigenvalue weighted by molar-refractivity contribution is 0.280. The van der Waals surface area contributed by atoms with E-state index in [1.165, 1.54) is 0 Å². The summed E-state index contributed by atoms with van der Waals surface area (Å²) in [7, 11) is 0. The first kappa shape index (κ1) is 14.5. The molecule has 2 aromatic rings. The van der Waals surface area contributed by atoms with Crippen LogP contribution in [-0.2, 0) is 6.61 Å². The van der Waals surface area contributed by atoms with Gasteiger partial charge in [-0.25, -0.2) is 0 Å². The molecule has 0 spiro atoms. The number of benzene rings is 1. The van der Waals surface area contributed by atoms with Gasteiger partial charge in [0.2, 0.25) is 11.2 Å². The molecule has 0 aliphatic heterocycles. The Bertz CT molecular complexity index is 546. The van der Waals surface area contributed by atoms with Crippen LogP contribution in [0, 0.1) is 0 Å². The molecule has 0 fully saturated rings. The molecule has 0 aliphatic carbocycles. The quantitative estimate of drug-likeness (QED) is 0.819. The molecule has 0 saturated heterocycles. The van der Waals surface area contributed by atoms with Crippen LogP contribution in [0.2, 0.25) is 5.28 Å². The van der Waals surface area contributed by atoms with E-state index in [1.54, 1.807) is 0 Å². The maximum atomic E-state index is 5.92. The number of ether oxygens (including phenoxy) is 1. The van der Waals surface area contributed by atoms with Crippen LogP contribution in [0.3, 0.4) is 0 Å². The van der Waals surface area contributed by atoms with Crippen LogP contribution >= 0.6 is 11.6 Å². The molecular weight excluding hydrogens is 276 g/mol. The van der Waals surface area contributed by atoms with E-state index in [2.05, 4.69) is 15.0 Å². The number of rotatable bonds is 6. The second-order valence-electron chi connectivity index (χ2n) is 4.13. The van der Waals surface area contributed by atoms with Gasteiger partial charge < -0.3 is 9.64 Å². The average Bonchev–Trinajstić information content (AvgIpc) is 2.47. The molecule has 0 amide bonds. The van der Waals surface area contributed by atoms with Gasteiger partial charge in [-0.2, -0.15) is 15.0 Å². The summed E-state index contributed by atoms with van der Waals surface area (Å²) in [5.41, 5.74) is 1.05. The van der Waals surface area contributed by atoms with Gasteiger partial charge in [-0.05, 0) is 31.0 Å². The fourth-order valence-electron chi connectivity index (χ4n) is 1.76. The zero-order valence-electron chi connectivity index (χ0n) is 11.6. The van der Waals surface area contributed by atoms with Crippen molar-refractivity contribution < 1.29 is 4.74 Å². The molecule has 0 radical (unpaired) electrons. The van der Waals surface area contributed by atoms with Crippen molar-refractivity contribution in [1.29, 1.82) is 0 Å². The second-order valence-corrected chi connectivity index (χ2v) is 4.47. The van der Waals surface area contributed by atoms with Crippen LogP contribution in [0.5, 0.6) is 6.01 Å². The van der Waals surface area contributed by atoms with Crippen molar-refractivity contribution in [2.45, 2.75) is 20.5 Å². The number of hydrogen-bond donors (Lipinski definition) is 0. The highest BCUT2D eigenvalue weighted by Crippen LogP contribution is 2.15. The smallest absolute Gasteiger partial charge is 0.322 e. The van der Waals surface area contributed by atoms with E-state index in [9.17, 15) is 0 Å². The molecule has 1 aromatic carbocycles. The highest BCUT2D eigenvalue weighted by atomic mass is 35.5. The largest absolute Gasteiger partial charge is 0.458 e. The normalized spacial score (nSPS) is 10.3. The Kier molecular flexibility index (Phi) is 5.12. The minimum atomic E-state index is 0.143. The van der Waals surface area contributed by atoms with Gasteiger partial charge in [0, 0.05) is 13.1 Å². The molecule has 1 aromatic heterocycles. The van der Waals surface area contributed by atoms with Gasteiger partial charge in [-0.3, -0.25) is 0 Å². The molecule has 0 atom stereocenters. The van der Waals surface area contributed by atoms with Crippen LogP contribution in [-0.4, -0.2) is 28.0 Å². The Morgan fingerprint density at radius 2 is 1.75 bits per heavy atom. The number of hydrogen-bond acceptors (Lipinski definition) is 5.